The number of amides is 2. The largest absolute Gasteiger partial charge is 0.491 e. The van der Waals surface area contributed by atoms with Gasteiger partial charge in [-0.25, -0.2) is 4.98 Å². The normalized spacial score (nSPS) is 10.3. The second-order valence-corrected chi connectivity index (χ2v) is 7.68. The van der Waals surface area contributed by atoms with Crippen LogP contribution < -0.4 is 20.7 Å². The Labute approximate surface area is 202 Å². The summed E-state index contributed by atoms with van der Waals surface area (Å²) < 4.78 is 10.5. The fraction of sp³-hybridized carbons (Fsp3) is 0.167. The van der Waals surface area contributed by atoms with E-state index in [4.69, 9.17) is 9.47 Å². The van der Waals surface area contributed by atoms with Crippen molar-refractivity contribution in [3.05, 3.63) is 72.9 Å². The van der Waals surface area contributed by atoms with Crippen LogP contribution >= 0.6 is 11.8 Å². The van der Waals surface area contributed by atoms with Gasteiger partial charge in [0, 0.05) is 30.2 Å². The first-order valence-electron chi connectivity index (χ1n) is 10.3. The van der Waals surface area contributed by atoms with E-state index in [1.807, 2.05) is 12.3 Å². The van der Waals surface area contributed by atoms with Crippen LogP contribution in [0.3, 0.4) is 0 Å². The van der Waals surface area contributed by atoms with Crippen LogP contribution in [0.5, 0.6) is 5.75 Å². The number of aromatic nitrogens is 2. The Morgan fingerprint density at radius 1 is 1.09 bits per heavy atom. The van der Waals surface area contributed by atoms with Crippen molar-refractivity contribution in [2.24, 2.45) is 0 Å². The molecule has 34 heavy (non-hydrogen) atoms. The quantitative estimate of drug-likeness (QED) is 0.211. The Bertz CT molecular complexity index is 1150. The van der Waals surface area contributed by atoms with E-state index in [0.29, 0.717) is 41.7 Å². The van der Waals surface area contributed by atoms with Crippen molar-refractivity contribution in [2.45, 2.75) is 4.90 Å². The van der Waals surface area contributed by atoms with Crippen molar-refractivity contribution >= 4 is 46.7 Å². The van der Waals surface area contributed by atoms with Gasteiger partial charge in [0.15, 0.2) is 0 Å². The molecule has 176 valence electrons. The van der Waals surface area contributed by atoms with Crippen LogP contribution in [0.15, 0.2) is 72.3 Å². The summed E-state index contributed by atoms with van der Waals surface area (Å²) in [5.41, 5.74) is 1.76. The molecule has 0 fully saturated rings. The third-order valence-corrected chi connectivity index (χ3v) is 5.19. The third-order valence-electron chi connectivity index (χ3n) is 4.45. The molecule has 0 spiro atoms. The number of nitrogens with one attached hydrogen (secondary N) is 3. The molecule has 0 unspecified atom stereocenters. The molecule has 2 aromatic carbocycles. The van der Waals surface area contributed by atoms with Gasteiger partial charge >= 0.3 is 0 Å². The maximum atomic E-state index is 12.7. The first-order valence-corrected chi connectivity index (χ1v) is 11.5. The zero-order valence-electron chi connectivity index (χ0n) is 18.8. The Morgan fingerprint density at radius 2 is 1.85 bits per heavy atom. The van der Waals surface area contributed by atoms with Crippen molar-refractivity contribution in [3.8, 4) is 5.75 Å². The summed E-state index contributed by atoms with van der Waals surface area (Å²) in [6, 6.07) is 13.9. The van der Waals surface area contributed by atoms with Crippen molar-refractivity contribution in [3.63, 3.8) is 0 Å². The summed E-state index contributed by atoms with van der Waals surface area (Å²) in [6.45, 7) is 4.36. The highest BCUT2D eigenvalue weighted by Gasteiger charge is 2.12. The lowest BCUT2D eigenvalue weighted by Crippen LogP contribution is -2.15. The third kappa shape index (κ3) is 7.06. The molecule has 0 bridgehead atoms. The highest BCUT2D eigenvalue weighted by molar-refractivity contribution is 7.98. The highest BCUT2D eigenvalue weighted by Crippen LogP contribution is 2.28. The number of rotatable bonds is 11. The van der Waals surface area contributed by atoms with Gasteiger partial charge in [0.05, 0.1) is 11.5 Å². The summed E-state index contributed by atoms with van der Waals surface area (Å²) in [7, 11) is 1.60. The zero-order valence-corrected chi connectivity index (χ0v) is 19.6. The van der Waals surface area contributed by atoms with Crippen molar-refractivity contribution < 1.29 is 19.1 Å². The van der Waals surface area contributed by atoms with Gasteiger partial charge < -0.3 is 20.1 Å². The van der Waals surface area contributed by atoms with Crippen molar-refractivity contribution in [2.75, 3.05) is 42.5 Å². The predicted molar refractivity (Wildman–Crippen MR) is 134 cm³/mol. The number of benzene rings is 2. The van der Waals surface area contributed by atoms with Gasteiger partial charge in [0.1, 0.15) is 18.2 Å². The molecule has 2 amide bonds. The summed E-state index contributed by atoms with van der Waals surface area (Å²) in [4.78, 5) is 33.7. The minimum absolute atomic E-state index is 0.154. The van der Waals surface area contributed by atoms with Gasteiger partial charge in [-0.05, 0) is 54.8 Å². The molecule has 0 radical (unpaired) electrons. The van der Waals surface area contributed by atoms with Crippen LogP contribution in [0.1, 0.15) is 10.4 Å². The van der Waals surface area contributed by atoms with Crippen LogP contribution in [0, 0.1) is 0 Å². The number of hydrogen-bond donors (Lipinski definition) is 3. The number of methoxy groups -OCH3 is 1. The van der Waals surface area contributed by atoms with E-state index in [9.17, 15) is 9.59 Å². The summed E-state index contributed by atoms with van der Waals surface area (Å²) in [6.07, 6.45) is 4.73. The minimum Gasteiger partial charge on any atom is -0.491 e. The van der Waals surface area contributed by atoms with Gasteiger partial charge in [-0.15, -0.1) is 11.8 Å². The molecule has 3 N–H and O–H groups in total. The SMILES string of the molecule is C=CC(=O)Nc1cccc(Nc2nc(NC(=O)c3ccc(OCCOC)cc3)ncc2SC)c1. The second kappa shape index (κ2) is 12.4. The monoisotopic (exact) mass is 479 g/mol. The molecule has 10 heteroatoms. The highest BCUT2D eigenvalue weighted by atomic mass is 32.2. The summed E-state index contributed by atoms with van der Waals surface area (Å²) in [5, 5.41) is 8.64. The molecule has 9 nitrogen and oxygen atoms in total. The molecular formula is C24H25N5O4S. The topological polar surface area (TPSA) is 114 Å². The van der Waals surface area contributed by atoms with Crippen molar-refractivity contribution in [1.82, 2.24) is 9.97 Å². The van der Waals surface area contributed by atoms with E-state index in [1.54, 1.807) is 55.8 Å². The Morgan fingerprint density at radius 3 is 2.56 bits per heavy atom. The predicted octanol–water partition coefficient (Wildman–Crippen LogP) is 4.34. The lowest BCUT2D eigenvalue weighted by Gasteiger charge is -2.12. The van der Waals surface area contributed by atoms with Gasteiger partial charge in [-0.2, -0.15) is 4.98 Å². The fourth-order valence-electron chi connectivity index (χ4n) is 2.79. The van der Waals surface area contributed by atoms with Crippen LogP contribution in [0.2, 0.25) is 0 Å². The van der Waals surface area contributed by atoms with E-state index in [-0.39, 0.29) is 17.8 Å². The molecule has 0 saturated heterocycles. The Kier molecular flexibility index (Phi) is 9.01. The van der Waals surface area contributed by atoms with Crippen molar-refractivity contribution in [1.29, 1.82) is 0 Å². The number of hydrogen-bond acceptors (Lipinski definition) is 8. The fourth-order valence-corrected chi connectivity index (χ4v) is 3.24. The van der Waals surface area contributed by atoms with E-state index in [0.717, 1.165) is 4.90 Å². The van der Waals surface area contributed by atoms with Crippen LogP contribution in [-0.2, 0) is 9.53 Å². The molecule has 3 aromatic rings. The number of thioether (sulfide) groups is 1. The molecule has 0 aliphatic heterocycles. The molecule has 0 saturated carbocycles. The zero-order chi connectivity index (χ0) is 24.3. The van der Waals surface area contributed by atoms with Gasteiger partial charge in [-0.3, -0.25) is 14.9 Å². The number of anilines is 4. The molecule has 0 aliphatic carbocycles. The van der Waals surface area contributed by atoms with E-state index < -0.39 is 0 Å². The average molecular weight is 480 g/mol. The number of carbonyl (C=O) groups excluding carboxylic acids is 2. The van der Waals surface area contributed by atoms with Crippen LogP contribution in [0.25, 0.3) is 0 Å². The van der Waals surface area contributed by atoms with Crippen LogP contribution in [0.4, 0.5) is 23.1 Å². The first-order chi connectivity index (χ1) is 16.5. The number of carbonyl (C=O) groups is 2. The second-order valence-electron chi connectivity index (χ2n) is 6.83. The van der Waals surface area contributed by atoms with E-state index >= 15 is 0 Å². The van der Waals surface area contributed by atoms with E-state index in [1.165, 1.54) is 17.8 Å². The lowest BCUT2D eigenvalue weighted by molar-refractivity contribution is -0.111. The smallest absolute Gasteiger partial charge is 0.258 e. The standard InChI is InChI=1S/C24H25N5O4S/c1-4-21(30)26-17-6-5-7-18(14-17)27-22-20(34-3)15-25-24(28-22)29-23(31)16-8-10-19(11-9-16)33-13-12-32-2/h4-11,14-15H,1,12-13H2,2-3H3,(H,26,30)(H2,25,27,28,29,31). The molecule has 1 heterocycles. The van der Waals surface area contributed by atoms with E-state index in [2.05, 4.69) is 32.5 Å². The first kappa shape index (κ1) is 24.7. The van der Waals surface area contributed by atoms with Gasteiger partial charge in [0.2, 0.25) is 11.9 Å². The summed E-state index contributed by atoms with van der Waals surface area (Å²) in [5.74, 6) is 0.671. The Hall–Kier alpha value is -3.89. The minimum atomic E-state index is -0.347. The van der Waals surface area contributed by atoms with Gasteiger partial charge in [0.25, 0.3) is 5.91 Å². The van der Waals surface area contributed by atoms with Crippen LogP contribution in [-0.4, -0.2) is 48.4 Å². The maximum absolute atomic E-state index is 12.7. The number of ether oxygens (including phenoxy) is 2. The number of nitrogens with zero attached hydrogens (tertiary/aromatic N) is 2. The summed E-state index contributed by atoms with van der Waals surface area (Å²) >= 11 is 1.46. The molecular weight excluding hydrogens is 454 g/mol. The molecule has 3 rings (SSSR count). The molecule has 0 atom stereocenters. The van der Waals surface area contributed by atoms with Gasteiger partial charge in [-0.1, -0.05) is 12.6 Å². The molecule has 1 aromatic heterocycles. The maximum Gasteiger partial charge on any atom is 0.258 e. The lowest BCUT2D eigenvalue weighted by atomic mass is 10.2. The average Bonchev–Trinajstić information content (AvgIpc) is 2.85. The molecule has 0 aliphatic rings. The Balaban J connectivity index is 1.71.